The lowest BCUT2D eigenvalue weighted by molar-refractivity contribution is 0.253. The van der Waals surface area contributed by atoms with Crippen LogP contribution in [0.1, 0.15) is 5.56 Å². The van der Waals surface area contributed by atoms with Crippen LogP contribution < -0.4 is 0 Å². The van der Waals surface area contributed by atoms with Gasteiger partial charge >= 0.3 is 0 Å². The number of nitrogens with zero attached hydrogens (tertiary/aromatic N) is 3. The van der Waals surface area contributed by atoms with E-state index in [9.17, 15) is 0 Å². The smallest absolute Gasteiger partial charge is 0.168 e. The molecule has 0 aliphatic carbocycles. The minimum Gasteiger partial charge on any atom is -0.317 e. The first-order valence-corrected chi connectivity index (χ1v) is 7.11. The Bertz CT molecular complexity index is 559. The zero-order chi connectivity index (χ0) is 12.0. The highest BCUT2D eigenvalue weighted by Gasteiger charge is 2.24. The Hall–Kier alpha value is -1.00. The molecule has 1 aromatic heterocycles. The molecule has 4 heteroatoms. The second kappa shape index (κ2) is 4.03. The Morgan fingerprint density at radius 2 is 2.24 bits per heavy atom. The van der Waals surface area contributed by atoms with Gasteiger partial charge in [-0.1, -0.05) is 23.9 Å². The van der Waals surface area contributed by atoms with Crippen molar-refractivity contribution in [3.63, 3.8) is 0 Å². The molecule has 3 nitrogen and oxygen atoms in total. The molecule has 3 rings (SSSR count). The van der Waals surface area contributed by atoms with Crippen molar-refractivity contribution < 1.29 is 0 Å². The summed E-state index contributed by atoms with van der Waals surface area (Å²) in [4.78, 5) is 7.02. The highest BCUT2D eigenvalue weighted by molar-refractivity contribution is 7.98. The van der Waals surface area contributed by atoms with Crippen LogP contribution in [-0.4, -0.2) is 40.8 Å². The average Bonchev–Trinajstić information content (AvgIpc) is 2.69. The molecule has 0 saturated heterocycles. The maximum absolute atomic E-state index is 4.70. The molecule has 90 valence electrons. The summed E-state index contributed by atoms with van der Waals surface area (Å²) in [5.41, 5.74) is 3.92. The number of benzene rings is 1. The molecular weight excluding hydrogens is 230 g/mol. The molecule has 1 aromatic carbocycles. The maximum Gasteiger partial charge on any atom is 0.168 e. The second-order valence-corrected chi connectivity index (χ2v) is 5.59. The van der Waals surface area contributed by atoms with Crippen LogP contribution in [0.4, 0.5) is 0 Å². The number of para-hydroxylation sites is 1. The van der Waals surface area contributed by atoms with E-state index in [1.165, 1.54) is 11.1 Å². The predicted octanol–water partition coefficient (Wildman–Crippen LogP) is 2.24. The largest absolute Gasteiger partial charge is 0.317 e. The average molecular weight is 247 g/mol. The van der Waals surface area contributed by atoms with E-state index in [0.717, 1.165) is 23.6 Å². The molecule has 1 aliphatic heterocycles. The SMILES string of the molecule is CSc1nc2cccc3c2n1CC(N(C)C)C3. The van der Waals surface area contributed by atoms with Crippen molar-refractivity contribution >= 4 is 22.8 Å². The summed E-state index contributed by atoms with van der Waals surface area (Å²) in [6, 6.07) is 7.05. The molecule has 17 heavy (non-hydrogen) atoms. The topological polar surface area (TPSA) is 21.1 Å². The number of imidazole rings is 1. The Labute approximate surface area is 106 Å². The number of aromatic nitrogens is 2. The standard InChI is InChI=1S/C13H17N3S/c1-15(2)10-7-9-5-4-6-11-12(9)16(8-10)13(14-11)17-3/h4-6,10H,7-8H2,1-3H3. The van der Waals surface area contributed by atoms with E-state index in [4.69, 9.17) is 4.98 Å². The first kappa shape index (κ1) is 11.1. The van der Waals surface area contributed by atoms with Gasteiger partial charge in [-0.15, -0.1) is 0 Å². The van der Waals surface area contributed by atoms with Gasteiger partial charge in [-0.3, -0.25) is 0 Å². The zero-order valence-corrected chi connectivity index (χ0v) is 11.3. The van der Waals surface area contributed by atoms with Gasteiger partial charge in [0.25, 0.3) is 0 Å². The third kappa shape index (κ3) is 1.67. The molecule has 0 amide bonds. The molecule has 1 unspecified atom stereocenters. The van der Waals surface area contributed by atoms with Crippen LogP contribution in [0.25, 0.3) is 11.0 Å². The first-order chi connectivity index (χ1) is 8.20. The van der Waals surface area contributed by atoms with Crippen molar-refractivity contribution in [2.45, 2.75) is 24.2 Å². The predicted molar refractivity (Wildman–Crippen MR) is 72.7 cm³/mol. The highest BCUT2D eigenvalue weighted by atomic mass is 32.2. The van der Waals surface area contributed by atoms with Crippen molar-refractivity contribution in [1.82, 2.24) is 14.5 Å². The number of hydrogen-bond donors (Lipinski definition) is 0. The third-order valence-corrected chi connectivity index (χ3v) is 4.25. The molecule has 0 N–H and O–H groups in total. The summed E-state index contributed by atoms with van der Waals surface area (Å²) in [5, 5.41) is 1.14. The first-order valence-electron chi connectivity index (χ1n) is 5.89. The Kier molecular flexibility index (Phi) is 2.64. The minimum atomic E-state index is 0.577. The summed E-state index contributed by atoms with van der Waals surface area (Å²) in [6.45, 7) is 1.05. The van der Waals surface area contributed by atoms with Gasteiger partial charge in [-0.05, 0) is 38.4 Å². The van der Waals surface area contributed by atoms with Crippen molar-refractivity contribution in [1.29, 1.82) is 0 Å². The van der Waals surface area contributed by atoms with Crippen LogP contribution in [0.2, 0.25) is 0 Å². The van der Waals surface area contributed by atoms with E-state index in [2.05, 4.69) is 48.0 Å². The van der Waals surface area contributed by atoms with Crippen LogP contribution in [0.15, 0.2) is 23.4 Å². The van der Waals surface area contributed by atoms with E-state index >= 15 is 0 Å². The van der Waals surface area contributed by atoms with E-state index < -0.39 is 0 Å². The van der Waals surface area contributed by atoms with E-state index in [0.29, 0.717) is 6.04 Å². The maximum atomic E-state index is 4.70. The fraction of sp³-hybridized carbons (Fsp3) is 0.462. The van der Waals surface area contributed by atoms with E-state index in [-0.39, 0.29) is 0 Å². The van der Waals surface area contributed by atoms with Crippen molar-refractivity contribution in [3.8, 4) is 0 Å². The van der Waals surface area contributed by atoms with Gasteiger partial charge in [0.15, 0.2) is 5.16 Å². The van der Waals surface area contributed by atoms with Crippen LogP contribution in [0, 0.1) is 0 Å². The van der Waals surface area contributed by atoms with Crippen LogP contribution in [0.5, 0.6) is 0 Å². The zero-order valence-electron chi connectivity index (χ0n) is 10.5. The van der Waals surface area contributed by atoms with Gasteiger partial charge in [-0.25, -0.2) is 4.98 Å². The molecule has 2 aromatic rings. The number of thioether (sulfide) groups is 1. The summed E-state index contributed by atoms with van der Waals surface area (Å²) in [6.07, 6.45) is 3.23. The summed E-state index contributed by atoms with van der Waals surface area (Å²) < 4.78 is 2.38. The fourth-order valence-corrected chi connectivity index (χ4v) is 3.18. The lowest BCUT2D eigenvalue weighted by Crippen LogP contribution is -2.36. The number of likely N-dealkylation sites (N-methyl/N-ethyl adjacent to an activating group) is 1. The lowest BCUT2D eigenvalue weighted by atomic mass is 10.00. The second-order valence-electron chi connectivity index (χ2n) is 4.82. The van der Waals surface area contributed by atoms with Gasteiger partial charge in [0.05, 0.1) is 11.0 Å². The van der Waals surface area contributed by atoms with E-state index in [1.54, 1.807) is 11.8 Å². The molecule has 0 bridgehead atoms. The van der Waals surface area contributed by atoms with Crippen molar-refractivity contribution in [3.05, 3.63) is 23.8 Å². The summed E-state index contributed by atoms with van der Waals surface area (Å²) >= 11 is 1.74. The van der Waals surface area contributed by atoms with Crippen LogP contribution in [-0.2, 0) is 13.0 Å². The van der Waals surface area contributed by atoms with Crippen LogP contribution >= 0.6 is 11.8 Å². The quantitative estimate of drug-likeness (QED) is 0.760. The Morgan fingerprint density at radius 1 is 1.41 bits per heavy atom. The lowest BCUT2D eigenvalue weighted by Gasteiger charge is -2.30. The molecule has 2 heterocycles. The Balaban J connectivity index is 2.20. The van der Waals surface area contributed by atoms with Gasteiger partial charge in [0.2, 0.25) is 0 Å². The summed E-state index contributed by atoms with van der Waals surface area (Å²) in [7, 11) is 4.32. The molecule has 1 aliphatic rings. The molecule has 1 atom stereocenters. The van der Waals surface area contributed by atoms with E-state index in [1.807, 2.05) is 0 Å². The minimum absolute atomic E-state index is 0.577. The Morgan fingerprint density at radius 3 is 2.94 bits per heavy atom. The number of hydrogen-bond acceptors (Lipinski definition) is 3. The van der Waals surface area contributed by atoms with Crippen LogP contribution in [0.3, 0.4) is 0 Å². The monoisotopic (exact) mass is 247 g/mol. The molecule has 0 fully saturated rings. The fourth-order valence-electron chi connectivity index (χ4n) is 2.60. The normalized spacial score (nSPS) is 19.2. The molecule has 0 saturated carbocycles. The van der Waals surface area contributed by atoms with Crippen molar-refractivity contribution in [2.75, 3.05) is 20.4 Å². The van der Waals surface area contributed by atoms with Crippen molar-refractivity contribution in [2.24, 2.45) is 0 Å². The van der Waals surface area contributed by atoms with Gasteiger partial charge < -0.3 is 9.47 Å². The van der Waals surface area contributed by atoms with Gasteiger partial charge in [0, 0.05) is 12.6 Å². The third-order valence-electron chi connectivity index (χ3n) is 3.58. The molecule has 0 radical (unpaired) electrons. The highest BCUT2D eigenvalue weighted by Crippen LogP contribution is 2.30. The molecular formula is C13H17N3S. The molecule has 0 spiro atoms. The number of rotatable bonds is 2. The van der Waals surface area contributed by atoms with Gasteiger partial charge in [0.1, 0.15) is 0 Å². The van der Waals surface area contributed by atoms with Gasteiger partial charge in [-0.2, -0.15) is 0 Å². The summed E-state index contributed by atoms with van der Waals surface area (Å²) in [5.74, 6) is 0.